The van der Waals surface area contributed by atoms with Crippen LogP contribution in [-0.2, 0) is 9.59 Å². The van der Waals surface area contributed by atoms with Crippen LogP contribution in [0.2, 0.25) is 0 Å². The summed E-state index contributed by atoms with van der Waals surface area (Å²) in [7, 11) is 0. The number of amides is 2. The number of nitrogens with zero attached hydrogens (tertiary/aromatic N) is 5. The summed E-state index contributed by atoms with van der Waals surface area (Å²) in [6, 6.07) is 48.4. The van der Waals surface area contributed by atoms with E-state index in [0.717, 1.165) is 263 Å². The van der Waals surface area contributed by atoms with E-state index in [4.69, 9.17) is 66.3 Å². The van der Waals surface area contributed by atoms with Gasteiger partial charge in [-0.25, -0.2) is 10.9 Å². The molecule has 3 N–H and O–H groups in total. The SMILES string of the molecule is CCCCCOc1cc2c3cc(OCCCCC)c(OCCCCC)cc3c3cc(OCC(=O)N/N=C/c4ccc(Oc5nc(Nc6ccccc6)nc(Oc6ccc(/C=N/NC(=O)COc7cc8c9cc(OCCCCC)c(OCCCCC)cc9c9cc(OCCCCC)c(OCCCCC)cc9c8cc7OCCCCC)cc6)n5)cc4)c(OCCCCC)cc3c2cc1OCCCCC. The lowest BCUT2D eigenvalue weighted by atomic mass is 9.93. The molecule has 0 saturated heterocycles. The number of aromatic nitrogens is 3. The first kappa shape index (κ1) is 103. The number of hydrazone groups is 2. The Balaban J connectivity index is 0.742. The summed E-state index contributed by atoms with van der Waals surface area (Å²) in [6.07, 6.45) is 33.1. The van der Waals surface area contributed by atoms with E-state index in [9.17, 15) is 9.59 Å². The zero-order valence-electron chi connectivity index (χ0n) is 82.6. The molecule has 137 heavy (non-hydrogen) atoms. The van der Waals surface area contributed by atoms with Gasteiger partial charge in [-0.05, 0) is 273 Å². The molecule has 12 aromatic rings. The smallest absolute Gasteiger partial charge is 0.330 e. The molecule has 0 saturated carbocycles. The molecule has 0 radical (unpaired) electrons. The number of nitrogens with one attached hydrogen (secondary N) is 3. The molecule has 1 heterocycles. The molecule has 1 aromatic heterocycles. The number of carbonyl (C=O) groups is 2. The zero-order valence-corrected chi connectivity index (χ0v) is 82.6. The number of hydrogen-bond donors (Lipinski definition) is 3. The van der Waals surface area contributed by atoms with E-state index in [1.165, 1.54) is 12.4 Å². The molecule has 0 aliphatic heterocycles. The number of unbranched alkanes of at least 4 members (excludes halogenated alkanes) is 20. The summed E-state index contributed by atoms with van der Waals surface area (Å²) in [6.45, 7) is 26.5. The van der Waals surface area contributed by atoms with Gasteiger partial charge in [0.15, 0.2) is 82.2 Å². The molecular weight excluding hydrogens is 1730 g/mol. The van der Waals surface area contributed by atoms with Crippen molar-refractivity contribution in [1.29, 1.82) is 0 Å². The molecule has 2 amide bonds. The van der Waals surface area contributed by atoms with Gasteiger partial charge >= 0.3 is 12.0 Å². The number of carbonyl (C=O) groups excluding carboxylic acids is 2. The average molecular weight is 1870 g/mol. The van der Waals surface area contributed by atoms with Gasteiger partial charge in [0.2, 0.25) is 5.95 Å². The Bertz CT molecular complexity index is 5410. The highest BCUT2D eigenvalue weighted by Gasteiger charge is 2.26. The quantitative estimate of drug-likeness (QED) is 0.0138. The largest absolute Gasteiger partial charge is 0.490 e. The molecule has 0 spiro atoms. The summed E-state index contributed by atoms with van der Waals surface area (Å²) in [5.74, 6) is 7.29. The van der Waals surface area contributed by atoms with Crippen molar-refractivity contribution in [3.05, 3.63) is 163 Å². The van der Waals surface area contributed by atoms with Crippen molar-refractivity contribution >= 4 is 101 Å². The molecular formula is C113H144N8O16. The highest BCUT2D eigenvalue weighted by molar-refractivity contribution is 6.28. The third-order valence-corrected chi connectivity index (χ3v) is 23.6. The molecule has 0 unspecified atom stereocenters. The van der Waals surface area contributed by atoms with E-state index in [1.54, 1.807) is 48.5 Å². The van der Waals surface area contributed by atoms with Gasteiger partial charge in [0.05, 0.1) is 78.5 Å². The standard InChI is InChI=1S/C113H144N8O16/c1-11-21-34-54-124-97-64-85-87-66-99(126-56-36-23-13-3)103(130-60-40-27-17-7)70-91(87)95-74-107(105(132-62-42-29-19-9)72-93(95)89(85)68-101(97)128-58-38-25-15-5)134-78-109(122)120-114-76-80-46-50-83(51-47-80)136-112-117-111(116-82-44-32-31-33-45-82)118-113(119-112)137-84-52-48-81(49-53-84)77-115-121-110(123)79-135-108-75-96-92-71-104(131-61-41-28-18-8)100(127-57-37-24-14-4)67-88(92)86-65-98(125-55-35-22-12-2)102(129-59-39-26-16-6)69-90(86)94(96)73-106(108)133-63-43-30-20-10/h31-33,44-53,64-77H,11-30,34-43,54-63,78-79H2,1-10H3,(H,120,122)(H,121,123)(H,116,117,118,119)/b114-76+,115-77+. The lowest BCUT2D eigenvalue weighted by molar-refractivity contribution is -0.123. The molecule has 732 valence electrons. The fourth-order valence-electron chi connectivity index (χ4n) is 16.0. The second kappa shape index (κ2) is 56.7. The second-order valence-corrected chi connectivity index (χ2v) is 34.8. The summed E-state index contributed by atoms with van der Waals surface area (Å²) in [5, 5.41) is 23.1. The highest BCUT2D eigenvalue weighted by Crippen LogP contribution is 2.51. The van der Waals surface area contributed by atoms with Gasteiger partial charge in [-0.15, -0.1) is 4.98 Å². The number of anilines is 2. The van der Waals surface area contributed by atoms with Crippen molar-refractivity contribution < 1.29 is 75.9 Å². The van der Waals surface area contributed by atoms with Crippen LogP contribution in [0.3, 0.4) is 0 Å². The third-order valence-electron chi connectivity index (χ3n) is 23.6. The molecule has 0 atom stereocenters. The molecule has 24 heteroatoms. The summed E-state index contributed by atoms with van der Waals surface area (Å²) in [4.78, 5) is 41.6. The minimum atomic E-state index is -0.486. The van der Waals surface area contributed by atoms with Crippen LogP contribution >= 0.6 is 0 Å². The van der Waals surface area contributed by atoms with E-state index in [-0.39, 0.29) is 31.2 Å². The van der Waals surface area contributed by atoms with E-state index in [1.807, 2.05) is 54.6 Å². The topological polar surface area (TPSA) is 263 Å². The fraction of sp³-hybridized carbons (Fsp3) is 0.460. The van der Waals surface area contributed by atoms with Crippen LogP contribution in [-0.4, -0.2) is 118 Å². The predicted molar refractivity (Wildman–Crippen MR) is 553 cm³/mol. The average Bonchev–Trinajstić information content (AvgIpc) is 0.728. The van der Waals surface area contributed by atoms with Crippen LogP contribution < -0.4 is 82.5 Å². The van der Waals surface area contributed by atoms with Crippen LogP contribution in [0.5, 0.6) is 92.5 Å². The lowest BCUT2D eigenvalue weighted by Gasteiger charge is -2.20. The first-order valence-corrected chi connectivity index (χ1v) is 50.8. The Labute approximate surface area is 809 Å². The fourth-order valence-corrected chi connectivity index (χ4v) is 16.0. The molecule has 24 nitrogen and oxygen atoms in total. The summed E-state index contributed by atoms with van der Waals surface area (Å²) < 4.78 is 92.0. The maximum absolute atomic E-state index is 13.9. The van der Waals surface area contributed by atoms with Gasteiger partial charge < -0.3 is 71.6 Å². The van der Waals surface area contributed by atoms with Crippen molar-refractivity contribution in [3.63, 3.8) is 0 Å². The van der Waals surface area contributed by atoms with Gasteiger partial charge in [-0.1, -0.05) is 216 Å². The van der Waals surface area contributed by atoms with Crippen LogP contribution in [0.4, 0.5) is 11.6 Å². The molecule has 0 fully saturated rings. The highest BCUT2D eigenvalue weighted by atomic mass is 16.6. The number of hydrogen-bond acceptors (Lipinski definition) is 22. The van der Waals surface area contributed by atoms with Crippen LogP contribution in [0.25, 0.3) is 64.6 Å². The van der Waals surface area contributed by atoms with E-state index < -0.39 is 11.8 Å². The third kappa shape index (κ3) is 31.1. The zero-order chi connectivity index (χ0) is 96.0. The molecule has 12 rings (SSSR count). The normalized spacial score (nSPS) is 11.5. The van der Waals surface area contributed by atoms with E-state index >= 15 is 0 Å². The number of para-hydroxylation sites is 1. The van der Waals surface area contributed by atoms with Gasteiger partial charge in [-0.2, -0.15) is 20.2 Å². The number of ether oxygens (including phenoxy) is 14. The van der Waals surface area contributed by atoms with E-state index in [0.29, 0.717) is 158 Å². The maximum Gasteiger partial charge on any atom is 0.330 e. The minimum absolute atomic E-state index is 0.0567. The Morgan fingerprint density at radius 3 is 0.664 bits per heavy atom. The monoisotopic (exact) mass is 1870 g/mol. The van der Waals surface area contributed by atoms with Crippen LogP contribution in [0.1, 0.15) is 273 Å². The second-order valence-electron chi connectivity index (χ2n) is 34.8. The molecule has 0 aliphatic rings. The van der Waals surface area contributed by atoms with Crippen molar-refractivity contribution in [2.45, 2.75) is 262 Å². The van der Waals surface area contributed by atoms with Gasteiger partial charge in [0.1, 0.15) is 11.5 Å². The number of rotatable bonds is 66. The first-order chi connectivity index (χ1) is 67.4. The Kier molecular flexibility index (Phi) is 42.7. The van der Waals surface area contributed by atoms with Crippen LogP contribution in [0.15, 0.2) is 162 Å². The van der Waals surface area contributed by atoms with E-state index in [2.05, 4.69) is 159 Å². The van der Waals surface area contributed by atoms with Crippen molar-refractivity contribution in [1.82, 2.24) is 25.8 Å². The minimum Gasteiger partial charge on any atom is -0.490 e. The number of benzene rings is 11. The van der Waals surface area contributed by atoms with Crippen LogP contribution in [0, 0.1) is 0 Å². The first-order valence-electron chi connectivity index (χ1n) is 50.8. The molecule has 0 bridgehead atoms. The van der Waals surface area contributed by atoms with Gasteiger partial charge in [-0.3, -0.25) is 9.59 Å². The van der Waals surface area contributed by atoms with Gasteiger partial charge in [0.25, 0.3) is 11.8 Å². The Morgan fingerprint density at radius 2 is 0.460 bits per heavy atom. The maximum atomic E-state index is 13.9. The Hall–Kier alpha value is -12.7. The van der Waals surface area contributed by atoms with Crippen molar-refractivity contribution in [2.75, 3.05) is 84.6 Å². The summed E-state index contributed by atoms with van der Waals surface area (Å²) in [5.41, 5.74) is 7.36. The predicted octanol–water partition coefficient (Wildman–Crippen LogP) is 28.9. The lowest BCUT2D eigenvalue weighted by Crippen LogP contribution is -2.24. The van der Waals surface area contributed by atoms with Gasteiger partial charge in [0, 0.05) is 5.69 Å². The molecule has 0 aliphatic carbocycles. The summed E-state index contributed by atoms with van der Waals surface area (Å²) >= 11 is 0. The van der Waals surface area contributed by atoms with Crippen molar-refractivity contribution in [2.24, 2.45) is 10.2 Å². The number of fused-ring (bicyclic) bond motifs is 12. The van der Waals surface area contributed by atoms with Crippen molar-refractivity contribution in [3.8, 4) is 92.5 Å². The Morgan fingerprint density at radius 1 is 0.255 bits per heavy atom. The molecule has 11 aromatic carbocycles.